The van der Waals surface area contributed by atoms with Crippen LogP contribution in [0.4, 0.5) is 0 Å². The van der Waals surface area contributed by atoms with Gasteiger partial charge in [-0.15, -0.1) is 0 Å². The molecule has 2 nitrogen and oxygen atoms in total. The Bertz CT molecular complexity index is 651. The van der Waals surface area contributed by atoms with Crippen LogP contribution in [0.25, 0.3) is 0 Å². The number of aliphatic hydroxyl groups is 1. The van der Waals surface area contributed by atoms with E-state index >= 15 is 0 Å². The molecule has 0 heterocycles. The molecule has 3 rings (SSSR count). The molecule has 1 fully saturated rings. The van der Waals surface area contributed by atoms with Gasteiger partial charge in [0.25, 0.3) is 0 Å². The molecule has 23 heavy (non-hydrogen) atoms. The fourth-order valence-corrected chi connectivity index (χ4v) is 4.33. The van der Waals surface area contributed by atoms with E-state index in [1.807, 2.05) is 37.3 Å². The van der Waals surface area contributed by atoms with Crippen LogP contribution in [-0.4, -0.2) is 21.2 Å². The van der Waals surface area contributed by atoms with Crippen molar-refractivity contribution < 1.29 is 9.32 Å². The zero-order chi connectivity index (χ0) is 16.2. The third-order valence-corrected chi connectivity index (χ3v) is 6.17. The zero-order valence-electron chi connectivity index (χ0n) is 13.5. The lowest BCUT2D eigenvalue weighted by atomic mass is 10.1. The predicted octanol–water partition coefficient (Wildman–Crippen LogP) is 3.73. The first-order valence-corrected chi connectivity index (χ1v) is 9.62. The minimum Gasteiger partial charge on any atom is -0.392 e. The Morgan fingerprint density at radius 3 is 2.52 bits per heavy atom. The summed E-state index contributed by atoms with van der Waals surface area (Å²) < 4.78 is 12.3. The standard InChI is InChI=1S/C20H24O2S/c1-15-7-11-18(12-8-15)23(22)14-20(21)19-13-17(19)10-9-16-5-3-2-4-6-16/h2-8,11-12,17,19-21H,9-10,13-14H2,1H3/t17-,19+,20-,23-/m0/s1. The Morgan fingerprint density at radius 2 is 1.83 bits per heavy atom. The Balaban J connectivity index is 1.45. The summed E-state index contributed by atoms with van der Waals surface area (Å²) in [5.41, 5.74) is 2.52. The first kappa shape index (κ1) is 16.4. The van der Waals surface area contributed by atoms with Crippen molar-refractivity contribution in [2.45, 2.75) is 37.2 Å². The summed E-state index contributed by atoms with van der Waals surface area (Å²) in [5.74, 6) is 1.27. The van der Waals surface area contributed by atoms with Crippen molar-refractivity contribution in [3.05, 3.63) is 65.7 Å². The van der Waals surface area contributed by atoms with E-state index in [1.165, 1.54) is 5.56 Å². The summed E-state index contributed by atoms with van der Waals surface area (Å²) in [4.78, 5) is 0.816. The van der Waals surface area contributed by atoms with Gasteiger partial charge in [-0.1, -0.05) is 48.0 Å². The van der Waals surface area contributed by atoms with Gasteiger partial charge in [0, 0.05) is 4.90 Å². The Kier molecular flexibility index (Phi) is 5.29. The lowest BCUT2D eigenvalue weighted by Gasteiger charge is -2.10. The number of aryl methyl sites for hydroxylation is 2. The van der Waals surface area contributed by atoms with Crippen molar-refractivity contribution >= 4 is 10.8 Å². The summed E-state index contributed by atoms with van der Waals surface area (Å²) in [6, 6.07) is 18.2. The Labute approximate surface area is 141 Å². The van der Waals surface area contributed by atoms with Gasteiger partial charge in [0.15, 0.2) is 0 Å². The summed E-state index contributed by atoms with van der Waals surface area (Å²) in [7, 11) is -1.11. The van der Waals surface area contributed by atoms with E-state index in [4.69, 9.17) is 0 Å². The number of rotatable bonds is 7. The first-order chi connectivity index (χ1) is 11.1. The third kappa shape index (κ3) is 4.52. The molecule has 0 spiro atoms. The highest BCUT2D eigenvalue weighted by atomic mass is 32.2. The third-order valence-electron chi connectivity index (χ3n) is 4.72. The number of hydrogen-bond donors (Lipinski definition) is 1. The van der Waals surface area contributed by atoms with Crippen LogP contribution in [-0.2, 0) is 17.2 Å². The largest absolute Gasteiger partial charge is 0.392 e. The van der Waals surface area contributed by atoms with Crippen molar-refractivity contribution in [2.75, 3.05) is 5.75 Å². The van der Waals surface area contributed by atoms with Crippen LogP contribution < -0.4 is 0 Å². The molecule has 1 saturated carbocycles. The van der Waals surface area contributed by atoms with Gasteiger partial charge in [0.1, 0.15) is 0 Å². The average molecular weight is 328 g/mol. The van der Waals surface area contributed by atoms with Gasteiger partial charge in [-0.25, -0.2) is 0 Å². The van der Waals surface area contributed by atoms with E-state index in [0.717, 1.165) is 29.7 Å². The predicted molar refractivity (Wildman–Crippen MR) is 94.8 cm³/mol. The maximum absolute atomic E-state index is 12.3. The molecule has 122 valence electrons. The molecule has 2 aromatic carbocycles. The van der Waals surface area contributed by atoms with E-state index in [0.29, 0.717) is 17.6 Å². The fraction of sp³-hybridized carbons (Fsp3) is 0.400. The minimum absolute atomic E-state index is 0.327. The molecular formula is C20H24O2S. The molecule has 0 amide bonds. The monoisotopic (exact) mass is 328 g/mol. The molecule has 0 unspecified atom stereocenters. The number of aliphatic hydroxyl groups excluding tert-OH is 1. The van der Waals surface area contributed by atoms with E-state index in [9.17, 15) is 9.32 Å². The maximum Gasteiger partial charge on any atom is 0.0689 e. The summed E-state index contributed by atoms with van der Waals surface area (Å²) in [6.45, 7) is 2.02. The Hall–Kier alpha value is -1.45. The SMILES string of the molecule is Cc1ccc([S@@](=O)C[C@H](O)[C@@H]2C[C@@H]2CCc2ccccc2)cc1. The highest BCUT2D eigenvalue weighted by Crippen LogP contribution is 2.44. The van der Waals surface area contributed by atoms with Crippen molar-refractivity contribution in [3.63, 3.8) is 0 Å². The van der Waals surface area contributed by atoms with E-state index < -0.39 is 16.9 Å². The van der Waals surface area contributed by atoms with Crippen molar-refractivity contribution in [3.8, 4) is 0 Å². The maximum atomic E-state index is 12.3. The highest BCUT2D eigenvalue weighted by molar-refractivity contribution is 7.85. The van der Waals surface area contributed by atoms with E-state index in [-0.39, 0.29) is 0 Å². The second-order valence-electron chi connectivity index (χ2n) is 6.58. The van der Waals surface area contributed by atoms with Crippen molar-refractivity contribution in [1.29, 1.82) is 0 Å². The van der Waals surface area contributed by atoms with Crippen LogP contribution in [0.2, 0.25) is 0 Å². The molecule has 0 aromatic heterocycles. The highest BCUT2D eigenvalue weighted by Gasteiger charge is 2.42. The fourth-order valence-electron chi connectivity index (χ4n) is 3.14. The molecule has 1 aliphatic rings. The zero-order valence-corrected chi connectivity index (χ0v) is 14.3. The van der Waals surface area contributed by atoms with Gasteiger partial charge in [0.2, 0.25) is 0 Å². The molecule has 0 aliphatic heterocycles. The molecule has 1 aliphatic carbocycles. The van der Waals surface area contributed by atoms with Crippen LogP contribution in [0.1, 0.15) is 24.0 Å². The van der Waals surface area contributed by atoms with Crippen LogP contribution >= 0.6 is 0 Å². The smallest absolute Gasteiger partial charge is 0.0689 e. The Morgan fingerprint density at radius 1 is 1.13 bits per heavy atom. The lowest BCUT2D eigenvalue weighted by Crippen LogP contribution is -2.20. The van der Waals surface area contributed by atoms with Crippen LogP contribution in [0.15, 0.2) is 59.5 Å². The van der Waals surface area contributed by atoms with E-state index in [1.54, 1.807) is 0 Å². The first-order valence-electron chi connectivity index (χ1n) is 8.30. The van der Waals surface area contributed by atoms with Crippen molar-refractivity contribution in [2.24, 2.45) is 11.8 Å². The molecule has 3 heteroatoms. The number of hydrogen-bond acceptors (Lipinski definition) is 2. The molecular weight excluding hydrogens is 304 g/mol. The summed E-state index contributed by atoms with van der Waals surface area (Å²) in [6.07, 6.45) is 2.80. The second-order valence-corrected chi connectivity index (χ2v) is 8.07. The van der Waals surface area contributed by atoms with E-state index in [2.05, 4.69) is 24.3 Å². The van der Waals surface area contributed by atoms with Gasteiger partial charge in [0.05, 0.1) is 22.7 Å². The second kappa shape index (κ2) is 7.41. The topological polar surface area (TPSA) is 37.3 Å². The van der Waals surface area contributed by atoms with Crippen LogP contribution in [0, 0.1) is 18.8 Å². The van der Waals surface area contributed by atoms with Crippen molar-refractivity contribution in [1.82, 2.24) is 0 Å². The summed E-state index contributed by atoms with van der Waals surface area (Å²) >= 11 is 0. The van der Waals surface area contributed by atoms with Crippen LogP contribution in [0.5, 0.6) is 0 Å². The quantitative estimate of drug-likeness (QED) is 0.841. The normalized spacial score (nSPS) is 22.5. The van der Waals surface area contributed by atoms with Gasteiger partial charge in [-0.05, 0) is 55.7 Å². The molecule has 1 N–H and O–H groups in total. The molecule has 0 bridgehead atoms. The molecule has 0 radical (unpaired) electrons. The number of benzene rings is 2. The molecule has 4 atom stereocenters. The van der Waals surface area contributed by atoms with Crippen LogP contribution in [0.3, 0.4) is 0 Å². The van der Waals surface area contributed by atoms with Gasteiger partial charge in [-0.3, -0.25) is 4.21 Å². The van der Waals surface area contributed by atoms with Gasteiger partial charge in [-0.2, -0.15) is 0 Å². The average Bonchev–Trinajstić information content (AvgIpc) is 3.34. The van der Waals surface area contributed by atoms with Gasteiger partial charge >= 0.3 is 0 Å². The molecule has 2 aromatic rings. The minimum atomic E-state index is -1.11. The molecule has 0 saturated heterocycles. The van der Waals surface area contributed by atoms with Gasteiger partial charge < -0.3 is 5.11 Å². The lowest BCUT2D eigenvalue weighted by molar-refractivity contribution is 0.167. The summed E-state index contributed by atoms with van der Waals surface area (Å²) in [5, 5.41) is 10.3.